The highest BCUT2D eigenvalue weighted by Crippen LogP contribution is 2.54. The normalized spacial score (nSPS) is 15.4. The number of rotatable bonds is 10. The Hall–Kier alpha value is -2.90. The van der Waals surface area contributed by atoms with Crippen molar-refractivity contribution in [3.63, 3.8) is 0 Å². The molecule has 200 valence electrons. The van der Waals surface area contributed by atoms with E-state index in [1.165, 1.54) is 0 Å². The van der Waals surface area contributed by atoms with Crippen molar-refractivity contribution in [1.29, 1.82) is 0 Å². The maximum Gasteiger partial charge on any atom is 0.325 e. The number of esters is 4. The van der Waals surface area contributed by atoms with Crippen molar-refractivity contribution in [2.24, 2.45) is 10.8 Å². The summed E-state index contributed by atoms with van der Waals surface area (Å²) in [5, 5.41) is 0. The van der Waals surface area contributed by atoms with Crippen molar-refractivity contribution < 1.29 is 38.1 Å². The summed E-state index contributed by atoms with van der Waals surface area (Å²) in [5.74, 6) is -3.98. The number of carbonyl (C=O) groups is 4. The van der Waals surface area contributed by atoms with Gasteiger partial charge in [-0.05, 0) is 87.8 Å². The Kier molecular flexibility index (Phi) is 9.69. The lowest BCUT2D eigenvalue weighted by atomic mass is 9.52. The van der Waals surface area contributed by atoms with E-state index in [9.17, 15) is 19.2 Å². The van der Waals surface area contributed by atoms with Crippen LogP contribution in [0.4, 0.5) is 0 Å². The molecule has 1 aromatic rings. The Morgan fingerprint density at radius 1 is 0.556 bits per heavy atom. The summed E-state index contributed by atoms with van der Waals surface area (Å²) in [4.78, 5) is 55.3. The van der Waals surface area contributed by atoms with Crippen LogP contribution in [0.1, 0.15) is 74.9 Å². The predicted octanol–water partition coefficient (Wildman–Crippen LogP) is 3.75. The van der Waals surface area contributed by atoms with Crippen molar-refractivity contribution in [3.8, 4) is 0 Å². The molecule has 0 aromatic heterocycles. The van der Waals surface area contributed by atoms with E-state index in [-0.39, 0.29) is 39.3 Å². The second-order valence-corrected chi connectivity index (χ2v) is 8.92. The molecule has 36 heavy (non-hydrogen) atoms. The molecule has 0 heterocycles. The van der Waals surface area contributed by atoms with E-state index in [1.54, 1.807) is 27.7 Å². The smallest absolute Gasteiger partial charge is 0.325 e. The molecule has 0 saturated carbocycles. The average Bonchev–Trinajstić information content (AvgIpc) is 2.85. The van der Waals surface area contributed by atoms with Gasteiger partial charge in [0, 0.05) is 12.8 Å². The summed E-state index contributed by atoms with van der Waals surface area (Å²) in [7, 11) is 0. The van der Waals surface area contributed by atoms with Gasteiger partial charge < -0.3 is 18.9 Å². The van der Waals surface area contributed by atoms with Gasteiger partial charge in [0.15, 0.2) is 10.8 Å². The Labute approximate surface area is 214 Å². The highest BCUT2D eigenvalue weighted by Gasteiger charge is 2.75. The van der Waals surface area contributed by atoms with Crippen LogP contribution in [0.25, 0.3) is 0 Å². The molecule has 0 N–H and O–H groups in total. The Morgan fingerprint density at radius 2 is 0.806 bits per heavy atom. The average molecular weight is 505 g/mol. The SMILES string of the molecule is CCOC(=O)C1(C(=O)OCC)Cc2c(C)c(CC)c(CC)c(C)c2CC1(C(=O)OCC)C(=O)OCC. The van der Waals surface area contributed by atoms with Gasteiger partial charge in [-0.3, -0.25) is 19.2 Å². The lowest BCUT2D eigenvalue weighted by molar-refractivity contribution is -0.204. The molecular weight excluding hydrogens is 464 g/mol. The van der Waals surface area contributed by atoms with Crippen LogP contribution < -0.4 is 0 Å². The molecule has 1 aromatic carbocycles. The zero-order valence-corrected chi connectivity index (χ0v) is 22.9. The first-order chi connectivity index (χ1) is 17.1. The third-order valence-corrected chi connectivity index (χ3v) is 7.35. The maximum atomic E-state index is 13.8. The molecule has 0 unspecified atom stereocenters. The first-order valence-corrected chi connectivity index (χ1v) is 12.9. The zero-order valence-electron chi connectivity index (χ0n) is 22.9. The monoisotopic (exact) mass is 504 g/mol. The molecule has 0 fully saturated rings. The second-order valence-electron chi connectivity index (χ2n) is 8.92. The van der Waals surface area contributed by atoms with Gasteiger partial charge in [-0.1, -0.05) is 13.8 Å². The number of fused-ring (bicyclic) bond motifs is 1. The van der Waals surface area contributed by atoms with Crippen LogP contribution in [0.2, 0.25) is 0 Å². The van der Waals surface area contributed by atoms with Crippen LogP contribution >= 0.6 is 0 Å². The summed E-state index contributed by atoms with van der Waals surface area (Å²) in [6, 6.07) is 0. The number of benzene rings is 1. The van der Waals surface area contributed by atoms with Crippen LogP contribution in [0, 0.1) is 24.7 Å². The molecule has 1 aliphatic rings. The lowest BCUT2D eigenvalue weighted by Crippen LogP contribution is -2.66. The number of hydrogen-bond acceptors (Lipinski definition) is 8. The van der Waals surface area contributed by atoms with E-state index < -0.39 is 34.7 Å². The maximum absolute atomic E-state index is 13.8. The first kappa shape index (κ1) is 29.3. The quantitative estimate of drug-likeness (QED) is 0.270. The zero-order chi connectivity index (χ0) is 27.3. The minimum absolute atomic E-state index is 0.0540. The molecule has 0 aliphatic heterocycles. The predicted molar refractivity (Wildman–Crippen MR) is 133 cm³/mol. The molecule has 0 saturated heterocycles. The Morgan fingerprint density at radius 3 is 1.00 bits per heavy atom. The largest absolute Gasteiger partial charge is 0.465 e. The Bertz CT molecular complexity index is 906. The minimum Gasteiger partial charge on any atom is -0.465 e. The molecule has 0 bridgehead atoms. The summed E-state index contributed by atoms with van der Waals surface area (Å²) < 4.78 is 21.6. The van der Waals surface area contributed by atoms with Gasteiger partial charge in [0.2, 0.25) is 0 Å². The van der Waals surface area contributed by atoms with Crippen molar-refractivity contribution in [2.45, 2.75) is 81.1 Å². The van der Waals surface area contributed by atoms with Crippen LogP contribution in [-0.2, 0) is 63.8 Å². The van der Waals surface area contributed by atoms with E-state index >= 15 is 0 Å². The number of ether oxygens (including phenoxy) is 4. The lowest BCUT2D eigenvalue weighted by Gasteiger charge is -2.47. The summed E-state index contributed by atoms with van der Waals surface area (Å²) in [6.45, 7) is 14.2. The van der Waals surface area contributed by atoms with Crippen molar-refractivity contribution in [3.05, 3.63) is 33.4 Å². The highest BCUT2D eigenvalue weighted by molar-refractivity contribution is 6.15. The number of hydrogen-bond donors (Lipinski definition) is 0. The summed E-state index contributed by atoms with van der Waals surface area (Å²) in [5.41, 5.74) is 1.05. The molecular formula is C28H40O8. The third kappa shape index (κ3) is 4.39. The molecule has 0 atom stereocenters. The van der Waals surface area contributed by atoms with E-state index in [1.807, 2.05) is 13.8 Å². The van der Waals surface area contributed by atoms with Gasteiger partial charge in [-0.25, -0.2) is 0 Å². The fourth-order valence-electron chi connectivity index (χ4n) is 5.71. The molecule has 0 amide bonds. The van der Waals surface area contributed by atoms with E-state index in [2.05, 4.69) is 13.8 Å². The highest BCUT2D eigenvalue weighted by atomic mass is 16.6. The summed E-state index contributed by atoms with van der Waals surface area (Å²) in [6.07, 6.45) is 1.05. The standard InChI is InChI=1S/C28H40O8/c1-9-19-17(7)21-15-27(23(29)33-11-3,24(30)34-12-4)28(25(31)35-13-5,26(32)36-14-6)16-22(21)18(8)20(19)10-2/h9-16H2,1-8H3. The van der Waals surface area contributed by atoms with Crippen LogP contribution in [0.5, 0.6) is 0 Å². The van der Waals surface area contributed by atoms with Crippen LogP contribution in [0.15, 0.2) is 0 Å². The molecule has 0 spiro atoms. The van der Waals surface area contributed by atoms with Gasteiger partial charge in [-0.2, -0.15) is 0 Å². The van der Waals surface area contributed by atoms with Crippen molar-refractivity contribution >= 4 is 23.9 Å². The third-order valence-electron chi connectivity index (χ3n) is 7.35. The molecule has 8 heteroatoms. The molecule has 1 aliphatic carbocycles. The van der Waals surface area contributed by atoms with Gasteiger partial charge in [0.1, 0.15) is 0 Å². The van der Waals surface area contributed by atoms with Gasteiger partial charge in [-0.15, -0.1) is 0 Å². The fraction of sp³-hybridized carbons (Fsp3) is 0.643. The van der Waals surface area contributed by atoms with Crippen molar-refractivity contribution in [1.82, 2.24) is 0 Å². The Balaban J connectivity index is 3.14. The van der Waals surface area contributed by atoms with Gasteiger partial charge in [0.05, 0.1) is 26.4 Å². The minimum atomic E-state index is -2.31. The topological polar surface area (TPSA) is 105 Å². The number of carbonyl (C=O) groups excluding carboxylic acids is 4. The molecule has 0 radical (unpaired) electrons. The van der Waals surface area contributed by atoms with E-state index in [0.29, 0.717) is 0 Å². The second kappa shape index (κ2) is 11.9. The fourth-order valence-corrected chi connectivity index (χ4v) is 5.71. The van der Waals surface area contributed by atoms with E-state index in [0.717, 1.165) is 46.2 Å². The first-order valence-electron chi connectivity index (χ1n) is 12.9. The van der Waals surface area contributed by atoms with Crippen molar-refractivity contribution in [2.75, 3.05) is 26.4 Å². The van der Waals surface area contributed by atoms with Crippen LogP contribution in [-0.4, -0.2) is 50.3 Å². The van der Waals surface area contributed by atoms with Gasteiger partial charge >= 0.3 is 23.9 Å². The molecule has 2 rings (SSSR count). The van der Waals surface area contributed by atoms with Gasteiger partial charge in [0.25, 0.3) is 0 Å². The van der Waals surface area contributed by atoms with E-state index in [4.69, 9.17) is 18.9 Å². The van der Waals surface area contributed by atoms with Crippen LogP contribution in [0.3, 0.4) is 0 Å². The molecule has 8 nitrogen and oxygen atoms in total. The summed E-state index contributed by atoms with van der Waals surface area (Å²) >= 11 is 0.